The Labute approximate surface area is 165 Å². The number of hydrogen-bond donors (Lipinski definition) is 3. The molecule has 0 fully saturated rings. The Morgan fingerprint density at radius 1 is 1.00 bits per heavy atom. The molecule has 2 aromatic carbocycles. The van der Waals surface area contributed by atoms with E-state index in [4.69, 9.17) is 5.11 Å². The van der Waals surface area contributed by atoms with E-state index in [1.165, 1.54) is 0 Å². The molecule has 0 saturated carbocycles. The Hall–Kier alpha value is -3.15. The Balaban J connectivity index is 1.98. The summed E-state index contributed by atoms with van der Waals surface area (Å²) in [6, 6.07) is 15.4. The van der Waals surface area contributed by atoms with Crippen molar-refractivity contribution in [2.75, 3.05) is 5.32 Å². The van der Waals surface area contributed by atoms with Crippen LogP contribution in [0.2, 0.25) is 0 Å². The number of carbonyl (C=O) groups is 3. The van der Waals surface area contributed by atoms with Gasteiger partial charge in [-0.25, -0.2) is 0 Å². The van der Waals surface area contributed by atoms with Gasteiger partial charge in [-0.1, -0.05) is 55.8 Å². The predicted octanol–water partition coefficient (Wildman–Crippen LogP) is 3.34. The highest BCUT2D eigenvalue weighted by molar-refractivity contribution is 5.97. The fraction of sp³-hybridized carbons (Fsp3) is 0.318. The minimum atomic E-state index is -0.902. The Morgan fingerprint density at radius 2 is 1.64 bits per heavy atom. The van der Waals surface area contributed by atoms with Crippen LogP contribution in [0.4, 0.5) is 5.69 Å². The molecule has 0 aliphatic carbocycles. The molecule has 0 aliphatic rings. The summed E-state index contributed by atoms with van der Waals surface area (Å²) in [5, 5.41) is 14.7. The fourth-order valence-corrected chi connectivity index (χ4v) is 2.81. The van der Waals surface area contributed by atoms with Gasteiger partial charge in [-0.2, -0.15) is 0 Å². The Kier molecular flexibility index (Phi) is 7.75. The lowest BCUT2D eigenvalue weighted by Crippen LogP contribution is -2.44. The second kappa shape index (κ2) is 10.3. The van der Waals surface area contributed by atoms with Crippen LogP contribution in [0.1, 0.15) is 43.7 Å². The lowest BCUT2D eigenvalue weighted by atomic mass is 10.0. The second-order valence-electron chi connectivity index (χ2n) is 6.74. The minimum absolute atomic E-state index is 0.203. The number of carboxylic acid groups (broad SMARTS) is 1. The zero-order chi connectivity index (χ0) is 20.5. The monoisotopic (exact) mass is 382 g/mol. The van der Waals surface area contributed by atoms with Gasteiger partial charge in [0.1, 0.15) is 6.04 Å². The summed E-state index contributed by atoms with van der Waals surface area (Å²) in [6.07, 6.45) is 1.50. The maximum atomic E-state index is 12.6. The van der Waals surface area contributed by atoms with Crippen LogP contribution in [0.5, 0.6) is 0 Å². The SMILES string of the molecule is CCCC(NC(=O)Cc1ccccc1)C(=O)Nc1ccc(C(C)C(=O)O)cc1. The van der Waals surface area contributed by atoms with Gasteiger partial charge >= 0.3 is 5.97 Å². The van der Waals surface area contributed by atoms with E-state index in [0.29, 0.717) is 17.7 Å². The van der Waals surface area contributed by atoms with E-state index in [1.54, 1.807) is 31.2 Å². The van der Waals surface area contributed by atoms with Crippen LogP contribution in [0.15, 0.2) is 54.6 Å². The van der Waals surface area contributed by atoms with Gasteiger partial charge < -0.3 is 15.7 Å². The number of hydrogen-bond acceptors (Lipinski definition) is 3. The molecule has 2 aromatic rings. The van der Waals surface area contributed by atoms with Gasteiger partial charge in [-0.15, -0.1) is 0 Å². The van der Waals surface area contributed by atoms with E-state index in [9.17, 15) is 14.4 Å². The van der Waals surface area contributed by atoms with Gasteiger partial charge in [0.2, 0.25) is 11.8 Å². The van der Waals surface area contributed by atoms with Gasteiger partial charge in [-0.3, -0.25) is 14.4 Å². The third-order valence-corrected chi connectivity index (χ3v) is 4.49. The normalized spacial score (nSPS) is 12.6. The van der Waals surface area contributed by atoms with Crippen LogP contribution in [-0.2, 0) is 20.8 Å². The smallest absolute Gasteiger partial charge is 0.310 e. The van der Waals surface area contributed by atoms with Crippen LogP contribution in [0.3, 0.4) is 0 Å². The highest BCUT2D eigenvalue weighted by atomic mass is 16.4. The zero-order valence-electron chi connectivity index (χ0n) is 16.1. The molecular weight excluding hydrogens is 356 g/mol. The van der Waals surface area contributed by atoms with Crippen molar-refractivity contribution in [2.45, 2.75) is 45.1 Å². The van der Waals surface area contributed by atoms with Gasteiger partial charge in [-0.05, 0) is 36.6 Å². The van der Waals surface area contributed by atoms with Crippen molar-refractivity contribution >= 4 is 23.5 Å². The lowest BCUT2D eigenvalue weighted by Gasteiger charge is -2.18. The molecule has 2 rings (SSSR count). The molecule has 0 spiro atoms. The maximum absolute atomic E-state index is 12.6. The van der Waals surface area contributed by atoms with Gasteiger partial charge in [0, 0.05) is 5.69 Å². The first-order valence-corrected chi connectivity index (χ1v) is 9.37. The number of anilines is 1. The van der Waals surface area contributed by atoms with Crippen molar-refractivity contribution in [1.82, 2.24) is 5.32 Å². The van der Waals surface area contributed by atoms with E-state index in [2.05, 4.69) is 10.6 Å². The molecule has 6 heteroatoms. The standard InChI is InChI=1S/C22H26N2O4/c1-3-7-19(24-20(25)14-16-8-5-4-6-9-16)21(26)23-18-12-10-17(11-13-18)15(2)22(27)28/h4-6,8-13,15,19H,3,7,14H2,1-2H3,(H,23,26)(H,24,25)(H,27,28). The molecule has 0 saturated heterocycles. The molecule has 6 nitrogen and oxygen atoms in total. The number of benzene rings is 2. The average Bonchev–Trinajstić information content (AvgIpc) is 2.68. The number of nitrogens with one attached hydrogen (secondary N) is 2. The highest BCUT2D eigenvalue weighted by Crippen LogP contribution is 2.18. The van der Waals surface area contributed by atoms with Crippen molar-refractivity contribution in [3.05, 3.63) is 65.7 Å². The van der Waals surface area contributed by atoms with Crippen LogP contribution in [-0.4, -0.2) is 28.9 Å². The number of aliphatic carboxylic acids is 1. The molecule has 0 heterocycles. The lowest BCUT2D eigenvalue weighted by molar-refractivity contribution is -0.138. The van der Waals surface area contributed by atoms with Crippen molar-refractivity contribution in [1.29, 1.82) is 0 Å². The average molecular weight is 382 g/mol. The molecule has 28 heavy (non-hydrogen) atoms. The van der Waals surface area contributed by atoms with E-state index < -0.39 is 17.9 Å². The number of carbonyl (C=O) groups excluding carboxylic acids is 2. The van der Waals surface area contributed by atoms with Crippen LogP contribution in [0, 0.1) is 0 Å². The maximum Gasteiger partial charge on any atom is 0.310 e. The van der Waals surface area contributed by atoms with Gasteiger partial charge in [0.15, 0.2) is 0 Å². The van der Waals surface area contributed by atoms with E-state index in [1.807, 2.05) is 37.3 Å². The first-order chi connectivity index (χ1) is 13.4. The summed E-state index contributed by atoms with van der Waals surface area (Å²) in [7, 11) is 0. The summed E-state index contributed by atoms with van der Waals surface area (Å²) in [5.74, 6) is -2.01. The molecular formula is C22H26N2O4. The molecule has 2 amide bonds. The summed E-state index contributed by atoms with van der Waals surface area (Å²) in [6.45, 7) is 3.56. The summed E-state index contributed by atoms with van der Waals surface area (Å²) in [4.78, 5) is 35.9. The minimum Gasteiger partial charge on any atom is -0.481 e. The van der Waals surface area contributed by atoms with Crippen LogP contribution >= 0.6 is 0 Å². The predicted molar refractivity (Wildman–Crippen MR) is 108 cm³/mol. The van der Waals surface area contributed by atoms with Crippen LogP contribution < -0.4 is 10.6 Å². The van der Waals surface area contributed by atoms with Crippen molar-refractivity contribution in [3.63, 3.8) is 0 Å². The van der Waals surface area contributed by atoms with Gasteiger partial charge in [0.05, 0.1) is 12.3 Å². The summed E-state index contributed by atoms with van der Waals surface area (Å²) in [5.41, 5.74) is 2.11. The van der Waals surface area contributed by atoms with Crippen molar-refractivity contribution < 1.29 is 19.5 Å². The first-order valence-electron chi connectivity index (χ1n) is 9.37. The summed E-state index contributed by atoms with van der Waals surface area (Å²) < 4.78 is 0. The third-order valence-electron chi connectivity index (χ3n) is 4.49. The Morgan fingerprint density at radius 3 is 2.21 bits per heavy atom. The molecule has 0 bridgehead atoms. The quantitative estimate of drug-likeness (QED) is 0.620. The summed E-state index contributed by atoms with van der Waals surface area (Å²) >= 11 is 0. The van der Waals surface area contributed by atoms with E-state index in [0.717, 1.165) is 12.0 Å². The molecule has 3 N–H and O–H groups in total. The van der Waals surface area contributed by atoms with E-state index in [-0.39, 0.29) is 18.2 Å². The molecule has 0 aromatic heterocycles. The number of amides is 2. The molecule has 0 radical (unpaired) electrons. The topological polar surface area (TPSA) is 95.5 Å². The number of carboxylic acids is 1. The largest absolute Gasteiger partial charge is 0.481 e. The molecule has 2 unspecified atom stereocenters. The third kappa shape index (κ3) is 6.23. The van der Waals surface area contributed by atoms with Crippen LogP contribution in [0.25, 0.3) is 0 Å². The fourth-order valence-electron chi connectivity index (χ4n) is 2.81. The van der Waals surface area contributed by atoms with Gasteiger partial charge in [0.25, 0.3) is 0 Å². The first kappa shape index (κ1) is 21.2. The van der Waals surface area contributed by atoms with E-state index >= 15 is 0 Å². The second-order valence-corrected chi connectivity index (χ2v) is 6.74. The zero-order valence-corrected chi connectivity index (χ0v) is 16.1. The van der Waals surface area contributed by atoms with Crippen molar-refractivity contribution in [3.8, 4) is 0 Å². The van der Waals surface area contributed by atoms with Crippen molar-refractivity contribution in [2.24, 2.45) is 0 Å². The number of rotatable bonds is 9. The molecule has 0 aliphatic heterocycles. The highest BCUT2D eigenvalue weighted by Gasteiger charge is 2.20. The molecule has 148 valence electrons. The molecule has 2 atom stereocenters. The Bertz CT molecular complexity index is 803.